The van der Waals surface area contributed by atoms with Crippen LogP contribution in [0.2, 0.25) is 10.0 Å². The Hall–Kier alpha value is -2.65. The molecule has 1 aromatic heterocycles. The first-order valence-corrected chi connectivity index (χ1v) is 14.6. The first-order valence-electron chi connectivity index (χ1n) is 12.0. The SMILES string of the molecule is CN(C(=O)CN(c1ccc(Cl)c(Cl)c1)S(C)(=O)=O)C(CN1CCCC1)c1ccc(-c2cccnc2)cc1. The summed E-state index contributed by atoms with van der Waals surface area (Å²) in [6.07, 6.45) is 6.88. The molecular formula is C27H30Cl2N4O3S. The zero-order valence-electron chi connectivity index (χ0n) is 20.8. The van der Waals surface area contributed by atoms with Crippen molar-refractivity contribution in [3.05, 3.63) is 82.6 Å². The molecule has 196 valence electrons. The molecule has 1 amide bonds. The summed E-state index contributed by atoms with van der Waals surface area (Å²) in [5.74, 6) is -0.322. The third-order valence-corrected chi connectivity index (χ3v) is 8.53. The van der Waals surface area contributed by atoms with Crippen molar-refractivity contribution in [2.24, 2.45) is 0 Å². The minimum atomic E-state index is -3.76. The number of benzene rings is 2. The summed E-state index contributed by atoms with van der Waals surface area (Å²) < 4.78 is 26.3. The average Bonchev–Trinajstić information content (AvgIpc) is 3.40. The molecule has 1 saturated heterocycles. The highest BCUT2D eigenvalue weighted by molar-refractivity contribution is 7.92. The van der Waals surface area contributed by atoms with Crippen LogP contribution in [0.25, 0.3) is 11.1 Å². The Kier molecular flexibility index (Phi) is 8.75. The Bertz CT molecular complexity index is 1330. The maximum absolute atomic E-state index is 13.5. The number of anilines is 1. The molecule has 7 nitrogen and oxygen atoms in total. The van der Waals surface area contributed by atoms with E-state index in [4.69, 9.17) is 23.2 Å². The highest BCUT2D eigenvalue weighted by atomic mass is 35.5. The zero-order valence-corrected chi connectivity index (χ0v) is 23.2. The van der Waals surface area contributed by atoms with Gasteiger partial charge in [-0.3, -0.25) is 14.1 Å². The van der Waals surface area contributed by atoms with Gasteiger partial charge in [-0.05, 0) is 66.9 Å². The van der Waals surface area contributed by atoms with E-state index in [-0.39, 0.29) is 29.2 Å². The monoisotopic (exact) mass is 560 g/mol. The summed E-state index contributed by atoms with van der Waals surface area (Å²) in [7, 11) is -2.03. The molecule has 0 radical (unpaired) electrons. The van der Waals surface area contributed by atoms with Gasteiger partial charge in [-0.25, -0.2) is 8.42 Å². The number of amides is 1. The number of sulfonamides is 1. The van der Waals surface area contributed by atoms with Crippen molar-refractivity contribution in [1.29, 1.82) is 0 Å². The van der Waals surface area contributed by atoms with Crippen molar-refractivity contribution in [3.8, 4) is 11.1 Å². The minimum absolute atomic E-state index is 0.217. The van der Waals surface area contributed by atoms with E-state index in [1.54, 1.807) is 24.2 Å². The molecule has 0 spiro atoms. The molecule has 3 aromatic rings. The van der Waals surface area contributed by atoms with E-state index in [1.807, 2.05) is 42.6 Å². The number of likely N-dealkylation sites (tertiary alicyclic amines) is 1. The Balaban J connectivity index is 1.60. The first-order chi connectivity index (χ1) is 17.6. The second-order valence-corrected chi connectivity index (χ2v) is 12.0. The van der Waals surface area contributed by atoms with Crippen molar-refractivity contribution in [3.63, 3.8) is 0 Å². The van der Waals surface area contributed by atoms with Crippen molar-refractivity contribution < 1.29 is 13.2 Å². The number of likely N-dealkylation sites (N-methyl/N-ethyl adjacent to an activating group) is 1. The summed E-state index contributed by atoms with van der Waals surface area (Å²) in [5, 5.41) is 0.525. The van der Waals surface area contributed by atoms with Gasteiger partial charge in [-0.1, -0.05) is 53.5 Å². The topological polar surface area (TPSA) is 73.8 Å². The van der Waals surface area contributed by atoms with Gasteiger partial charge in [0.05, 0.1) is 28.0 Å². The average molecular weight is 562 g/mol. The molecule has 2 heterocycles. The lowest BCUT2D eigenvalue weighted by molar-refractivity contribution is -0.130. The standard InChI is InChI=1S/C27H30Cl2N4O3S/c1-31(27(34)19-33(37(2,35)36)23-11-12-24(28)25(29)16-23)26(18-32-14-3-4-15-32)21-9-7-20(8-10-21)22-6-5-13-30-17-22/h5-13,16-17,26H,3-4,14-15,18-19H2,1-2H3. The Morgan fingerprint density at radius 3 is 2.32 bits per heavy atom. The Morgan fingerprint density at radius 2 is 1.73 bits per heavy atom. The smallest absolute Gasteiger partial charge is 0.243 e. The number of nitrogens with zero attached hydrogens (tertiary/aromatic N) is 4. The predicted molar refractivity (Wildman–Crippen MR) is 150 cm³/mol. The predicted octanol–water partition coefficient (Wildman–Crippen LogP) is 5.12. The molecule has 10 heteroatoms. The highest BCUT2D eigenvalue weighted by Crippen LogP contribution is 2.30. The van der Waals surface area contributed by atoms with E-state index < -0.39 is 10.0 Å². The number of carbonyl (C=O) groups excluding carboxylic acids is 1. The molecule has 0 bridgehead atoms. The second-order valence-electron chi connectivity index (χ2n) is 9.26. The maximum Gasteiger partial charge on any atom is 0.243 e. The number of aromatic nitrogens is 1. The van der Waals surface area contributed by atoms with E-state index >= 15 is 0 Å². The van der Waals surface area contributed by atoms with Gasteiger partial charge in [0.1, 0.15) is 6.54 Å². The van der Waals surface area contributed by atoms with Crippen LogP contribution in [0.5, 0.6) is 0 Å². The van der Waals surface area contributed by atoms with E-state index in [2.05, 4.69) is 9.88 Å². The Labute approximate surface area is 228 Å². The van der Waals surface area contributed by atoms with Gasteiger partial charge >= 0.3 is 0 Å². The molecule has 0 N–H and O–H groups in total. The van der Waals surface area contributed by atoms with Crippen LogP contribution in [0, 0.1) is 0 Å². The Morgan fingerprint density at radius 1 is 1.03 bits per heavy atom. The molecule has 1 unspecified atom stereocenters. The molecule has 2 aromatic carbocycles. The fourth-order valence-corrected chi connectivity index (χ4v) is 5.67. The van der Waals surface area contributed by atoms with Gasteiger partial charge < -0.3 is 9.80 Å². The molecule has 1 aliphatic rings. The van der Waals surface area contributed by atoms with Crippen molar-refractivity contribution in [2.75, 3.05) is 43.8 Å². The summed E-state index contributed by atoms with van der Waals surface area (Å²) >= 11 is 12.1. The number of halogens is 2. The molecule has 37 heavy (non-hydrogen) atoms. The molecule has 1 atom stereocenters. The largest absolute Gasteiger partial charge is 0.336 e. The zero-order chi connectivity index (χ0) is 26.6. The number of hydrogen-bond acceptors (Lipinski definition) is 5. The van der Waals surface area contributed by atoms with Crippen LogP contribution in [0.15, 0.2) is 67.0 Å². The summed E-state index contributed by atoms with van der Waals surface area (Å²) in [6, 6.07) is 16.3. The van der Waals surface area contributed by atoms with E-state index in [0.717, 1.165) is 53.2 Å². The van der Waals surface area contributed by atoms with E-state index in [0.29, 0.717) is 11.6 Å². The number of carbonyl (C=O) groups is 1. The van der Waals surface area contributed by atoms with Gasteiger partial charge in [0.2, 0.25) is 15.9 Å². The molecular weight excluding hydrogens is 531 g/mol. The normalized spacial score (nSPS) is 14.9. The van der Waals surface area contributed by atoms with Crippen molar-refractivity contribution >= 4 is 44.8 Å². The van der Waals surface area contributed by atoms with Crippen LogP contribution in [-0.4, -0.2) is 68.6 Å². The van der Waals surface area contributed by atoms with Crippen LogP contribution in [-0.2, 0) is 14.8 Å². The molecule has 0 aliphatic carbocycles. The number of pyridine rings is 1. The lowest BCUT2D eigenvalue weighted by Gasteiger charge is -2.33. The third-order valence-electron chi connectivity index (χ3n) is 6.65. The lowest BCUT2D eigenvalue weighted by Crippen LogP contribution is -2.45. The van der Waals surface area contributed by atoms with Crippen LogP contribution >= 0.6 is 23.2 Å². The van der Waals surface area contributed by atoms with Gasteiger partial charge in [-0.2, -0.15) is 0 Å². The fraction of sp³-hybridized carbons (Fsp3) is 0.333. The molecule has 1 aliphatic heterocycles. The van der Waals surface area contributed by atoms with Crippen LogP contribution in [0.4, 0.5) is 5.69 Å². The maximum atomic E-state index is 13.5. The third kappa shape index (κ3) is 6.82. The van der Waals surface area contributed by atoms with Crippen molar-refractivity contribution in [2.45, 2.75) is 18.9 Å². The molecule has 1 fully saturated rings. The number of rotatable bonds is 9. The number of hydrogen-bond donors (Lipinski definition) is 0. The summed E-state index contributed by atoms with van der Waals surface area (Å²) in [5.41, 5.74) is 3.32. The summed E-state index contributed by atoms with van der Waals surface area (Å²) in [4.78, 5) is 21.7. The summed E-state index contributed by atoms with van der Waals surface area (Å²) in [6.45, 7) is 2.27. The highest BCUT2D eigenvalue weighted by Gasteiger charge is 2.29. The second kappa shape index (κ2) is 11.8. The first kappa shape index (κ1) is 27.4. The van der Waals surface area contributed by atoms with Crippen molar-refractivity contribution in [1.82, 2.24) is 14.8 Å². The van der Waals surface area contributed by atoms with Crippen LogP contribution < -0.4 is 4.31 Å². The lowest BCUT2D eigenvalue weighted by atomic mass is 10.0. The van der Waals surface area contributed by atoms with Crippen LogP contribution in [0.3, 0.4) is 0 Å². The fourth-order valence-electron chi connectivity index (χ4n) is 4.54. The van der Waals surface area contributed by atoms with Gasteiger partial charge in [0.15, 0.2) is 0 Å². The van der Waals surface area contributed by atoms with E-state index in [9.17, 15) is 13.2 Å². The van der Waals surface area contributed by atoms with Gasteiger partial charge in [0, 0.05) is 26.0 Å². The molecule has 0 saturated carbocycles. The van der Waals surface area contributed by atoms with Gasteiger partial charge in [-0.15, -0.1) is 0 Å². The van der Waals surface area contributed by atoms with Gasteiger partial charge in [0.25, 0.3) is 0 Å². The van der Waals surface area contributed by atoms with E-state index in [1.165, 1.54) is 12.1 Å². The minimum Gasteiger partial charge on any atom is -0.336 e. The van der Waals surface area contributed by atoms with Crippen LogP contribution in [0.1, 0.15) is 24.4 Å². The molecule has 4 rings (SSSR count). The quantitative estimate of drug-likeness (QED) is 0.363.